The van der Waals surface area contributed by atoms with Gasteiger partial charge in [-0.2, -0.15) is 0 Å². The van der Waals surface area contributed by atoms with Crippen LogP contribution in [-0.2, 0) is 14.4 Å². The van der Waals surface area contributed by atoms with Crippen molar-refractivity contribution >= 4 is 17.7 Å². The maximum Gasteiger partial charge on any atom is 0.243 e. The molecule has 0 radical (unpaired) electrons. The number of hydrogen-bond acceptors (Lipinski definition) is 3. The average Bonchev–Trinajstić information content (AvgIpc) is 3.09. The van der Waals surface area contributed by atoms with E-state index in [1.807, 2.05) is 0 Å². The molecule has 4 aliphatic rings. The lowest BCUT2D eigenvalue weighted by atomic mass is 9.48. The number of fused-ring (bicyclic) bond motifs is 5. The summed E-state index contributed by atoms with van der Waals surface area (Å²) in [6, 6.07) is -0.294. The minimum Gasteiger partial charge on any atom is -0.354 e. The fourth-order valence-electron chi connectivity index (χ4n) is 7.65. The van der Waals surface area contributed by atoms with Crippen LogP contribution in [0.4, 0.5) is 0 Å². The Morgan fingerprint density at radius 1 is 1.12 bits per heavy atom. The van der Waals surface area contributed by atoms with Gasteiger partial charge < -0.3 is 16.0 Å². The minimum atomic E-state index is -0.524. The zero-order valence-electron chi connectivity index (χ0n) is 21.3. The van der Waals surface area contributed by atoms with Gasteiger partial charge in [0.05, 0.1) is 0 Å². The summed E-state index contributed by atoms with van der Waals surface area (Å²) in [5.74, 6) is 1.61. The van der Waals surface area contributed by atoms with Gasteiger partial charge in [0.25, 0.3) is 0 Å². The number of carbonyl (C=O) groups is 3. The highest BCUT2D eigenvalue weighted by atomic mass is 16.2. The van der Waals surface area contributed by atoms with Crippen LogP contribution in [0, 0.1) is 39.9 Å². The summed E-state index contributed by atoms with van der Waals surface area (Å²) >= 11 is 0. The van der Waals surface area contributed by atoms with Crippen molar-refractivity contribution in [3.05, 3.63) is 12.2 Å². The fourth-order valence-corrected chi connectivity index (χ4v) is 7.65. The molecule has 0 aromatic heterocycles. The Balaban J connectivity index is 1.43. The van der Waals surface area contributed by atoms with Gasteiger partial charge in [0.15, 0.2) is 0 Å². The van der Waals surface area contributed by atoms with Crippen molar-refractivity contribution in [3.63, 3.8) is 0 Å². The topological polar surface area (TPSA) is 87.3 Å². The molecule has 3 saturated carbocycles. The van der Waals surface area contributed by atoms with Gasteiger partial charge >= 0.3 is 0 Å². The van der Waals surface area contributed by atoms with E-state index in [2.05, 4.69) is 56.6 Å². The molecule has 33 heavy (non-hydrogen) atoms. The van der Waals surface area contributed by atoms with Gasteiger partial charge in [0, 0.05) is 23.9 Å². The Morgan fingerprint density at radius 3 is 2.55 bits per heavy atom. The lowest BCUT2D eigenvalue weighted by Gasteiger charge is -2.58. The van der Waals surface area contributed by atoms with Gasteiger partial charge in [-0.1, -0.05) is 40.7 Å². The van der Waals surface area contributed by atoms with Gasteiger partial charge in [0.1, 0.15) is 6.04 Å². The number of nitrogens with one attached hydrogen (secondary N) is 3. The smallest absolute Gasteiger partial charge is 0.243 e. The van der Waals surface area contributed by atoms with E-state index < -0.39 is 6.04 Å². The summed E-state index contributed by atoms with van der Waals surface area (Å²) in [7, 11) is 0. The molecule has 0 bridgehead atoms. The average molecular weight is 458 g/mol. The second-order valence-corrected chi connectivity index (χ2v) is 12.9. The zero-order chi connectivity index (χ0) is 24.2. The molecule has 3 N–H and O–H groups in total. The van der Waals surface area contributed by atoms with Gasteiger partial charge in [0.2, 0.25) is 17.7 Å². The Labute approximate surface area is 199 Å². The lowest BCUT2D eigenvalue weighted by molar-refractivity contribution is -0.137. The molecular weight excluding hydrogens is 414 g/mol. The molecule has 0 spiro atoms. The molecule has 184 valence electrons. The molecule has 6 nitrogen and oxygen atoms in total. The van der Waals surface area contributed by atoms with Gasteiger partial charge in [-0.3, -0.25) is 14.4 Å². The third-order valence-electron chi connectivity index (χ3n) is 9.55. The number of rotatable bonds is 4. The van der Waals surface area contributed by atoms with Crippen LogP contribution in [0.1, 0.15) is 80.1 Å². The van der Waals surface area contributed by atoms with Crippen molar-refractivity contribution < 1.29 is 14.4 Å². The highest BCUT2D eigenvalue weighted by Crippen LogP contribution is 2.65. The maximum atomic E-state index is 13.4. The Hall–Kier alpha value is -1.85. The first kappa shape index (κ1) is 24.3. The highest BCUT2D eigenvalue weighted by molar-refractivity contribution is 5.89. The number of carbonyl (C=O) groups excluding carboxylic acids is 3. The summed E-state index contributed by atoms with van der Waals surface area (Å²) in [5, 5.41) is 9.21. The van der Waals surface area contributed by atoms with E-state index in [1.165, 1.54) is 0 Å². The van der Waals surface area contributed by atoms with Crippen LogP contribution < -0.4 is 16.0 Å². The second-order valence-electron chi connectivity index (χ2n) is 12.9. The summed E-state index contributed by atoms with van der Waals surface area (Å²) in [6.45, 7) is 13.3. The van der Waals surface area contributed by atoms with E-state index in [0.29, 0.717) is 24.3 Å². The quantitative estimate of drug-likeness (QED) is 0.603. The van der Waals surface area contributed by atoms with Crippen LogP contribution >= 0.6 is 0 Å². The van der Waals surface area contributed by atoms with Crippen LogP contribution in [0.25, 0.3) is 0 Å². The van der Waals surface area contributed by atoms with E-state index in [-0.39, 0.29) is 45.9 Å². The molecule has 0 aromatic rings. The normalized spacial score (nSPS) is 40.7. The summed E-state index contributed by atoms with van der Waals surface area (Å²) < 4.78 is 0. The molecule has 1 unspecified atom stereocenters. The molecule has 0 aromatic carbocycles. The molecular formula is C27H43N3O3. The molecule has 1 heterocycles. The van der Waals surface area contributed by atoms with Crippen molar-refractivity contribution in [3.8, 4) is 0 Å². The highest BCUT2D eigenvalue weighted by Gasteiger charge is 2.60. The predicted molar refractivity (Wildman–Crippen MR) is 129 cm³/mol. The van der Waals surface area contributed by atoms with Crippen molar-refractivity contribution in [1.29, 1.82) is 0 Å². The Kier molecular flexibility index (Phi) is 6.20. The molecule has 3 amide bonds. The van der Waals surface area contributed by atoms with Gasteiger partial charge in [-0.25, -0.2) is 0 Å². The van der Waals surface area contributed by atoms with Gasteiger partial charge in [-0.15, -0.1) is 0 Å². The van der Waals surface area contributed by atoms with Crippen molar-refractivity contribution in [2.75, 3.05) is 6.54 Å². The summed E-state index contributed by atoms with van der Waals surface area (Å²) in [4.78, 5) is 37.8. The number of hydrogen-bond donors (Lipinski definition) is 3. The summed E-state index contributed by atoms with van der Waals surface area (Å²) in [6.07, 6.45) is 10.1. The van der Waals surface area contributed by atoms with E-state index in [9.17, 15) is 14.4 Å². The molecule has 3 fully saturated rings. The molecule has 4 rings (SSSR count). The van der Waals surface area contributed by atoms with E-state index in [4.69, 9.17) is 0 Å². The fraction of sp³-hybridized carbons (Fsp3) is 0.815. The first-order chi connectivity index (χ1) is 15.3. The predicted octanol–water partition coefficient (Wildman–Crippen LogP) is 3.57. The number of amides is 3. The van der Waals surface area contributed by atoms with E-state index in [0.717, 1.165) is 38.5 Å². The van der Waals surface area contributed by atoms with Crippen LogP contribution in [0.2, 0.25) is 0 Å². The first-order valence-corrected chi connectivity index (χ1v) is 12.9. The monoisotopic (exact) mass is 457 g/mol. The van der Waals surface area contributed by atoms with Crippen LogP contribution in [0.15, 0.2) is 12.2 Å². The lowest BCUT2D eigenvalue weighted by Crippen LogP contribution is -2.59. The van der Waals surface area contributed by atoms with Crippen molar-refractivity contribution in [2.45, 2.75) is 92.2 Å². The molecule has 3 aliphatic carbocycles. The van der Waals surface area contributed by atoms with E-state index in [1.54, 1.807) is 13.0 Å². The van der Waals surface area contributed by atoms with Crippen LogP contribution in [0.5, 0.6) is 0 Å². The van der Waals surface area contributed by atoms with Crippen molar-refractivity contribution in [1.82, 2.24) is 16.0 Å². The van der Waals surface area contributed by atoms with E-state index >= 15 is 0 Å². The second kappa shape index (κ2) is 8.42. The standard InChI is InChI=1S/C27H43N3O3/c1-16(23(32)28-15-25(2,3)4)29-24(33)20-9-8-18-17-7-10-21-27(6,14-12-22(31)30-21)19(17)11-13-26(18,20)5/h12,14,16-21H,7-11,13,15H2,1-6H3,(H,28,32)(H,29,33)(H,30,31)/t16?,17-,18-,19-,20+,21-,26-,27-/m1/s1. The largest absolute Gasteiger partial charge is 0.354 e. The SMILES string of the molecule is CC(NC(=O)[C@@H]1CC[C@@H]2[C@H]3CC[C@H]4NC(=O)C=C[C@]4(C)[C@@H]3CC[C@]21C)C(=O)NCC(C)(C)C. The molecule has 0 saturated heterocycles. The third-order valence-corrected chi connectivity index (χ3v) is 9.55. The van der Waals surface area contributed by atoms with Crippen LogP contribution in [-0.4, -0.2) is 36.3 Å². The molecule has 1 aliphatic heterocycles. The van der Waals surface area contributed by atoms with Crippen molar-refractivity contribution in [2.24, 2.45) is 39.9 Å². The minimum absolute atomic E-state index is 0.0101. The van der Waals surface area contributed by atoms with Gasteiger partial charge in [-0.05, 0) is 80.1 Å². The zero-order valence-corrected chi connectivity index (χ0v) is 21.3. The molecule has 6 heteroatoms. The third kappa shape index (κ3) is 4.35. The Morgan fingerprint density at radius 2 is 1.85 bits per heavy atom. The maximum absolute atomic E-state index is 13.4. The Bertz CT molecular complexity index is 846. The first-order valence-electron chi connectivity index (χ1n) is 12.9. The van der Waals surface area contributed by atoms with Crippen LogP contribution in [0.3, 0.4) is 0 Å². The summed E-state index contributed by atoms with van der Waals surface area (Å²) in [5.41, 5.74) is 0.00595. The molecule has 8 atom stereocenters.